The first-order valence-corrected chi connectivity index (χ1v) is 11.6. The van der Waals surface area contributed by atoms with E-state index in [4.69, 9.17) is 27.9 Å². The van der Waals surface area contributed by atoms with Gasteiger partial charge >= 0.3 is 0 Å². The Balaban J connectivity index is 1.75. The topological polar surface area (TPSA) is 56.8 Å². The minimum atomic E-state index is -1.15. The first-order valence-electron chi connectivity index (χ1n) is 9.78. The van der Waals surface area contributed by atoms with Gasteiger partial charge in [0, 0.05) is 32.9 Å². The smallest absolute Gasteiger partial charge is 0.152 e. The Labute approximate surface area is 210 Å². The highest BCUT2D eigenvalue weighted by molar-refractivity contribution is 14.1. The van der Waals surface area contributed by atoms with Gasteiger partial charge in [0.2, 0.25) is 0 Å². The molecule has 170 valence electrons. The predicted octanol–water partition coefficient (Wildman–Crippen LogP) is 6.61. The van der Waals surface area contributed by atoms with Crippen molar-refractivity contribution in [3.8, 4) is 11.5 Å². The molecule has 0 spiro atoms. The van der Waals surface area contributed by atoms with Crippen LogP contribution >= 0.6 is 45.8 Å². The Morgan fingerprint density at radius 1 is 1.09 bits per heavy atom. The Morgan fingerprint density at radius 3 is 2.47 bits per heavy atom. The summed E-state index contributed by atoms with van der Waals surface area (Å²) in [4.78, 5) is 2.04. The highest BCUT2D eigenvalue weighted by Gasteiger charge is 2.17. The molecule has 0 aliphatic heterocycles. The van der Waals surface area contributed by atoms with Gasteiger partial charge in [-0.15, -0.1) is 0 Å². The predicted molar refractivity (Wildman–Crippen MR) is 138 cm³/mol. The summed E-state index contributed by atoms with van der Waals surface area (Å²) in [5, 5.41) is 18.0. The summed E-state index contributed by atoms with van der Waals surface area (Å²) in [6.07, 6.45) is -1.15. The standard InChI is InChI=1S/C23H23Cl2FIN3O2/c1-30(2)10-9-28-22-18(11-15(26)12-20(22)27)23(31)29-16-5-8-21(19(25)13-16)32-17-6-3-14(24)4-7-17/h3-8,11-13,23,28-29,31H,9-10H2,1-2H3. The van der Waals surface area contributed by atoms with E-state index >= 15 is 0 Å². The molecule has 3 N–H and O–H groups in total. The molecule has 3 aromatic carbocycles. The van der Waals surface area contributed by atoms with Crippen LogP contribution < -0.4 is 15.4 Å². The third-order valence-corrected chi connectivity index (χ3v) is 5.92. The van der Waals surface area contributed by atoms with E-state index in [1.807, 2.05) is 19.0 Å². The second kappa shape index (κ2) is 11.4. The molecular weight excluding hydrogens is 567 g/mol. The summed E-state index contributed by atoms with van der Waals surface area (Å²) in [5.74, 6) is 0.633. The second-order valence-corrected chi connectivity index (χ2v) is 9.34. The summed E-state index contributed by atoms with van der Waals surface area (Å²) in [5.41, 5.74) is 1.65. The number of halogens is 4. The third-order valence-electron chi connectivity index (χ3n) is 4.52. The quantitative estimate of drug-likeness (QED) is 0.194. The minimum absolute atomic E-state index is 0.357. The van der Waals surface area contributed by atoms with Crippen molar-refractivity contribution in [1.29, 1.82) is 0 Å². The molecule has 0 aromatic heterocycles. The number of hydrogen-bond acceptors (Lipinski definition) is 5. The normalized spacial score (nSPS) is 12.0. The lowest BCUT2D eigenvalue weighted by atomic mass is 10.1. The van der Waals surface area contributed by atoms with Gasteiger partial charge in [-0.3, -0.25) is 0 Å². The van der Waals surface area contributed by atoms with E-state index in [0.29, 0.717) is 48.6 Å². The molecule has 1 atom stereocenters. The van der Waals surface area contributed by atoms with E-state index in [1.165, 1.54) is 12.1 Å². The molecule has 0 saturated carbocycles. The van der Waals surface area contributed by atoms with Crippen LogP contribution in [0.2, 0.25) is 10.0 Å². The zero-order valence-electron chi connectivity index (χ0n) is 17.5. The lowest BCUT2D eigenvalue weighted by Gasteiger charge is -2.21. The number of aliphatic hydroxyl groups excluding tert-OH is 1. The number of benzene rings is 3. The van der Waals surface area contributed by atoms with E-state index in [1.54, 1.807) is 42.5 Å². The molecule has 1 unspecified atom stereocenters. The van der Waals surface area contributed by atoms with Gasteiger partial charge in [0.1, 0.15) is 17.3 Å². The lowest BCUT2D eigenvalue weighted by molar-refractivity contribution is 0.208. The Morgan fingerprint density at radius 2 is 1.81 bits per heavy atom. The number of rotatable bonds is 9. The van der Waals surface area contributed by atoms with Crippen LogP contribution in [0.15, 0.2) is 54.6 Å². The van der Waals surface area contributed by atoms with Gasteiger partial charge in [-0.05, 0) is 91.3 Å². The number of hydrogen-bond donors (Lipinski definition) is 3. The fourth-order valence-corrected chi connectivity index (χ4v) is 4.08. The Hall–Kier alpha value is -1.78. The zero-order chi connectivity index (χ0) is 23.3. The largest absolute Gasteiger partial charge is 0.456 e. The van der Waals surface area contributed by atoms with Crippen molar-refractivity contribution < 1.29 is 14.2 Å². The number of nitrogens with zero attached hydrogens (tertiary/aromatic N) is 1. The Bertz CT molecular complexity index is 1070. The van der Waals surface area contributed by atoms with Gasteiger partial charge < -0.3 is 25.4 Å². The molecule has 0 aliphatic carbocycles. The lowest BCUT2D eigenvalue weighted by Crippen LogP contribution is -2.22. The van der Waals surface area contributed by atoms with E-state index in [9.17, 15) is 9.50 Å². The van der Waals surface area contributed by atoms with Crippen molar-refractivity contribution >= 4 is 57.2 Å². The van der Waals surface area contributed by atoms with E-state index in [-0.39, 0.29) is 0 Å². The molecule has 0 bridgehead atoms. The number of likely N-dealkylation sites (N-methyl/N-ethyl adjacent to an activating group) is 1. The highest BCUT2D eigenvalue weighted by Crippen LogP contribution is 2.34. The van der Waals surface area contributed by atoms with Crippen molar-refractivity contribution in [1.82, 2.24) is 4.90 Å². The number of ether oxygens (including phenoxy) is 1. The molecule has 3 rings (SSSR count). The molecule has 0 radical (unpaired) electrons. The fraction of sp³-hybridized carbons (Fsp3) is 0.217. The maximum Gasteiger partial charge on any atom is 0.152 e. The van der Waals surface area contributed by atoms with Crippen molar-refractivity contribution in [2.75, 3.05) is 37.8 Å². The summed E-state index contributed by atoms with van der Waals surface area (Å²) >= 11 is 14.3. The molecule has 0 heterocycles. The summed E-state index contributed by atoms with van der Waals surface area (Å²) in [6.45, 7) is 1.44. The van der Waals surface area contributed by atoms with Gasteiger partial charge in [0.25, 0.3) is 0 Å². The molecule has 3 aromatic rings. The zero-order valence-corrected chi connectivity index (χ0v) is 21.2. The van der Waals surface area contributed by atoms with Gasteiger partial charge in [0.15, 0.2) is 6.23 Å². The first kappa shape index (κ1) is 24.9. The van der Waals surface area contributed by atoms with Gasteiger partial charge in [-0.25, -0.2) is 4.39 Å². The molecule has 32 heavy (non-hydrogen) atoms. The van der Waals surface area contributed by atoms with Crippen LogP contribution in [0.3, 0.4) is 0 Å². The third kappa shape index (κ3) is 6.86. The van der Waals surface area contributed by atoms with E-state index < -0.39 is 12.0 Å². The molecule has 0 fully saturated rings. The maximum atomic E-state index is 14.1. The van der Waals surface area contributed by atoms with Crippen LogP contribution in [0.4, 0.5) is 15.8 Å². The first-order chi connectivity index (χ1) is 15.2. The molecule has 9 heteroatoms. The molecule has 0 saturated heterocycles. The van der Waals surface area contributed by atoms with Crippen molar-refractivity contribution in [3.63, 3.8) is 0 Å². The van der Waals surface area contributed by atoms with Crippen LogP contribution in [0, 0.1) is 9.39 Å². The second-order valence-electron chi connectivity index (χ2n) is 7.33. The monoisotopic (exact) mass is 589 g/mol. The molecule has 5 nitrogen and oxygen atoms in total. The molecule has 0 amide bonds. The summed E-state index contributed by atoms with van der Waals surface area (Å²) < 4.78 is 20.5. The van der Waals surface area contributed by atoms with E-state index in [2.05, 4.69) is 33.2 Å². The van der Waals surface area contributed by atoms with Crippen molar-refractivity contribution in [3.05, 3.63) is 79.6 Å². The molecular formula is C23H23Cl2FIN3O2. The average Bonchev–Trinajstić information content (AvgIpc) is 2.72. The number of anilines is 2. The maximum absolute atomic E-state index is 14.1. The SMILES string of the molecule is CN(C)CCNc1c(I)cc(F)cc1C(O)Nc1ccc(Oc2ccc(Cl)cc2)c(Cl)c1. The van der Waals surface area contributed by atoms with Crippen molar-refractivity contribution in [2.24, 2.45) is 0 Å². The van der Waals surface area contributed by atoms with Gasteiger partial charge in [0.05, 0.1) is 10.7 Å². The van der Waals surface area contributed by atoms with Gasteiger partial charge in [-0.2, -0.15) is 0 Å². The summed E-state index contributed by atoms with van der Waals surface area (Å²) in [6, 6.07) is 14.7. The molecule has 0 aliphatic rings. The van der Waals surface area contributed by atoms with Crippen LogP contribution in [0.25, 0.3) is 0 Å². The van der Waals surface area contributed by atoms with Crippen LogP contribution in [-0.4, -0.2) is 37.2 Å². The van der Waals surface area contributed by atoms with Crippen molar-refractivity contribution in [2.45, 2.75) is 6.23 Å². The van der Waals surface area contributed by atoms with Gasteiger partial charge in [-0.1, -0.05) is 23.2 Å². The minimum Gasteiger partial charge on any atom is -0.456 e. The van der Waals surface area contributed by atoms with Crippen LogP contribution in [0.1, 0.15) is 11.8 Å². The van der Waals surface area contributed by atoms with Crippen LogP contribution in [0.5, 0.6) is 11.5 Å². The fourth-order valence-electron chi connectivity index (χ4n) is 2.94. The summed E-state index contributed by atoms with van der Waals surface area (Å²) in [7, 11) is 3.94. The Kier molecular flexibility index (Phi) is 8.84. The van der Waals surface area contributed by atoms with Crippen LogP contribution in [-0.2, 0) is 0 Å². The van der Waals surface area contributed by atoms with E-state index in [0.717, 1.165) is 6.54 Å². The highest BCUT2D eigenvalue weighted by atomic mass is 127. The number of nitrogens with one attached hydrogen (secondary N) is 2. The number of aliphatic hydroxyl groups is 1. The average molecular weight is 590 g/mol.